The minimum absolute atomic E-state index is 0.183. The first-order valence-corrected chi connectivity index (χ1v) is 9.99. The van der Waals surface area contributed by atoms with Gasteiger partial charge in [-0.15, -0.1) is 0 Å². The molecule has 1 aliphatic rings. The number of hydrogen-bond acceptors (Lipinski definition) is 4. The monoisotopic (exact) mass is 370 g/mol. The number of imidazole rings is 1. The molecule has 0 atom stereocenters. The van der Waals surface area contributed by atoms with Crippen molar-refractivity contribution in [1.29, 1.82) is 0 Å². The molecule has 6 heteroatoms. The minimum atomic E-state index is -0.481. The smallest absolute Gasteiger partial charge is 0.412 e. The molecule has 1 aromatic heterocycles. The molecule has 0 spiro atoms. The summed E-state index contributed by atoms with van der Waals surface area (Å²) in [6.07, 6.45) is 7.33. The van der Waals surface area contributed by atoms with Gasteiger partial charge in [-0.1, -0.05) is 31.9 Å². The highest BCUT2D eigenvalue weighted by Crippen LogP contribution is 2.35. The Morgan fingerprint density at radius 2 is 2.07 bits per heavy atom. The van der Waals surface area contributed by atoms with Gasteiger partial charge in [0.2, 0.25) is 0 Å². The number of hydrogen-bond donors (Lipinski definition) is 2. The number of ether oxygens (including phenoxy) is 1. The average molecular weight is 370 g/mol. The highest BCUT2D eigenvalue weighted by atomic mass is 16.5. The summed E-state index contributed by atoms with van der Waals surface area (Å²) in [5.41, 5.74) is 3.59. The summed E-state index contributed by atoms with van der Waals surface area (Å²) < 4.78 is 5.09. The van der Waals surface area contributed by atoms with Gasteiger partial charge >= 0.3 is 6.09 Å². The van der Waals surface area contributed by atoms with Crippen LogP contribution in [0.15, 0.2) is 24.8 Å². The highest BCUT2D eigenvalue weighted by molar-refractivity contribution is 5.95. The Kier molecular flexibility index (Phi) is 6.37. The van der Waals surface area contributed by atoms with Gasteiger partial charge in [0.1, 0.15) is 12.4 Å². The van der Waals surface area contributed by atoms with Crippen LogP contribution in [-0.2, 0) is 4.74 Å². The second kappa shape index (κ2) is 8.93. The molecule has 6 nitrogen and oxygen atoms in total. The zero-order valence-electron chi connectivity index (χ0n) is 16.4. The molecular weight excluding hydrogens is 340 g/mol. The number of anilines is 2. The molecular formula is C21H30N4O2. The van der Waals surface area contributed by atoms with E-state index >= 15 is 0 Å². The Labute approximate surface area is 161 Å². The second-order valence-electron chi connectivity index (χ2n) is 7.03. The lowest BCUT2D eigenvalue weighted by Gasteiger charge is -2.24. The molecule has 0 radical (unpaired) electrons. The Bertz CT molecular complexity index is 789. The number of carbonyl (C=O) groups is 1. The van der Waals surface area contributed by atoms with E-state index in [0.29, 0.717) is 5.92 Å². The molecule has 1 aliphatic carbocycles. The molecule has 0 bridgehead atoms. The number of aromatic nitrogens is 2. The maximum atomic E-state index is 12.1. The average Bonchev–Trinajstić information content (AvgIpc) is 3.11. The van der Waals surface area contributed by atoms with E-state index < -0.39 is 6.09 Å². The van der Waals surface area contributed by atoms with Gasteiger partial charge in [-0.3, -0.25) is 5.32 Å². The number of H-pyrrole nitrogens is 1. The predicted octanol–water partition coefficient (Wildman–Crippen LogP) is 5.19. The van der Waals surface area contributed by atoms with Crippen LogP contribution in [0.2, 0.25) is 0 Å². The van der Waals surface area contributed by atoms with Gasteiger partial charge in [-0.25, -0.2) is 9.78 Å². The van der Waals surface area contributed by atoms with E-state index in [2.05, 4.69) is 41.7 Å². The van der Waals surface area contributed by atoms with Crippen LogP contribution >= 0.6 is 0 Å². The fourth-order valence-electron chi connectivity index (χ4n) is 3.84. The van der Waals surface area contributed by atoms with E-state index in [4.69, 9.17) is 9.72 Å². The topological polar surface area (TPSA) is 70.2 Å². The van der Waals surface area contributed by atoms with Crippen LogP contribution in [0, 0.1) is 0 Å². The number of nitrogens with zero attached hydrogens (tertiary/aromatic N) is 2. The number of benzene rings is 1. The van der Waals surface area contributed by atoms with Crippen LogP contribution < -0.4 is 10.2 Å². The summed E-state index contributed by atoms with van der Waals surface area (Å²) in [7, 11) is 0. The first-order chi connectivity index (χ1) is 13.2. The Balaban J connectivity index is 1.95. The van der Waals surface area contributed by atoms with Crippen LogP contribution in [0.5, 0.6) is 0 Å². The van der Waals surface area contributed by atoms with Crippen molar-refractivity contribution in [2.45, 2.75) is 51.9 Å². The standard InChI is InChI=1S/C21H30N4O2/c1-4-12-27-21(26)24-18-13-16-17(14-19(18)25(5-2)6-3)23-20(22-16)15-10-8-7-9-11-15/h4,13-15H,1,5-12H2,2-3H3,(H,22,23)(H,24,26). The summed E-state index contributed by atoms with van der Waals surface area (Å²) in [5, 5.41) is 2.87. The van der Waals surface area contributed by atoms with Gasteiger partial charge in [0.15, 0.2) is 0 Å². The van der Waals surface area contributed by atoms with Gasteiger partial charge in [0, 0.05) is 19.0 Å². The number of nitrogens with one attached hydrogen (secondary N) is 2. The molecule has 1 heterocycles. The lowest BCUT2D eigenvalue weighted by Crippen LogP contribution is -2.24. The largest absolute Gasteiger partial charge is 0.445 e. The molecule has 27 heavy (non-hydrogen) atoms. The normalized spacial score (nSPS) is 14.9. The SMILES string of the molecule is C=CCOC(=O)Nc1cc2nc(C3CCCCC3)[nH]c2cc1N(CC)CC. The van der Waals surface area contributed by atoms with Gasteiger partial charge in [0.05, 0.1) is 22.4 Å². The molecule has 146 valence electrons. The van der Waals surface area contributed by atoms with E-state index in [1.165, 1.54) is 32.1 Å². The number of rotatable bonds is 7. The minimum Gasteiger partial charge on any atom is -0.445 e. The summed E-state index contributed by atoms with van der Waals surface area (Å²) in [5.74, 6) is 1.58. The summed E-state index contributed by atoms with van der Waals surface area (Å²) in [6, 6.07) is 4.03. The van der Waals surface area contributed by atoms with Crippen molar-refractivity contribution in [3.05, 3.63) is 30.6 Å². The third-order valence-electron chi connectivity index (χ3n) is 5.28. The quantitative estimate of drug-likeness (QED) is 0.658. The van der Waals surface area contributed by atoms with E-state index in [1.54, 1.807) is 6.08 Å². The highest BCUT2D eigenvalue weighted by Gasteiger charge is 2.20. The fourth-order valence-corrected chi connectivity index (χ4v) is 3.84. The van der Waals surface area contributed by atoms with Gasteiger partial charge in [0.25, 0.3) is 0 Å². The number of aromatic amines is 1. The molecule has 3 rings (SSSR count). The van der Waals surface area contributed by atoms with Gasteiger partial charge in [-0.2, -0.15) is 0 Å². The zero-order chi connectivity index (χ0) is 19.2. The summed E-state index contributed by atoms with van der Waals surface area (Å²) in [4.78, 5) is 22.7. The van der Waals surface area contributed by atoms with Crippen LogP contribution in [0.25, 0.3) is 11.0 Å². The molecule has 2 N–H and O–H groups in total. The van der Waals surface area contributed by atoms with Gasteiger partial charge in [-0.05, 0) is 38.8 Å². The molecule has 0 unspecified atom stereocenters. The third kappa shape index (κ3) is 4.43. The van der Waals surface area contributed by atoms with Gasteiger partial charge < -0.3 is 14.6 Å². The molecule has 0 saturated heterocycles. The lowest BCUT2D eigenvalue weighted by atomic mass is 9.89. The van der Waals surface area contributed by atoms with Crippen molar-refractivity contribution in [3.8, 4) is 0 Å². The van der Waals surface area contributed by atoms with Crippen LogP contribution in [0.4, 0.5) is 16.2 Å². The van der Waals surface area contributed by atoms with Crippen LogP contribution in [0.1, 0.15) is 57.7 Å². The number of amides is 1. The zero-order valence-corrected chi connectivity index (χ0v) is 16.4. The fraction of sp³-hybridized carbons (Fsp3) is 0.524. The Hall–Kier alpha value is -2.50. The van der Waals surface area contributed by atoms with Crippen molar-refractivity contribution in [1.82, 2.24) is 9.97 Å². The first-order valence-electron chi connectivity index (χ1n) is 9.99. The maximum absolute atomic E-state index is 12.1. The molecule has 0 aliphatic heterocycles. The molecule has 1 amide bonds. The van der Waals surface area contributed by atoms with Crippen molar-refractivity contribution >= 4 is 28.5 Å². The van der Waals surface area contributed by atoms with Crippen molar-refractivity contribution in [2.75, 3.05) is 29.9 Å². The Morgan fingerprint density at radius 3 is 2.74 bits per heavy atom. The van der Waals surface area contributed by atoms with Crippen LogP contribution in [-0.4, -0.2) is 35.8 Å². The Morgan fingerprint density at radius 1 is 1.33 bits per heavy atom. The number of carbonyl (C=O) groups excluding carboxylic acids is 1. The lowest BCUT2D eigenvalue weighted by molar-refractivity contribution is 0.174. The number of fused-ring (bicyclic) bond motifs is 1. The molecule has 1 aromatic carbocycles. The predicted molar refractivity (Wildman–Crippen MR) is 111 cm³/mol. The molecule has 2 aromatic rings. The summed E-state index contributed by atoms with van der Waals surface area (Å²) >= 11 is 0. The van der Waals surface area contributed by atoms with E-state index in [1.807, 2.05) is 6.07 Å². The second-order valence-corrected chi connectivity index (χ2v) is 7.03. The van der Waals surface area contributed by atoms with E-state index in [-0.39, 0.29) is 6.61 Å². The molecule has 1 fully saturated rings. The van der Waals surface area contributed by atoms with Crippen LogP contribution in [0.3, 0.4) is 0 Å². The first kappa shape index (κ1) is 19.3. The maximum Gasteiger partial charge on any atom is 0.412 e. The van der Waals surface area contributed by atoms with E-state index in [9.17, 15) is 4.79 Å². The molecule has 1 saturated carbocycles. The van der Waals surface area contributed by atoms with Crippen molar-refractivity contribution < 1.29 is 9.53 Å². The summed E-state index contributed by atoms with van der Waals surface area (Å²) in [6.45, 7) is 9.66. The van der Waals surface area contributed by atoms with Crippen molar-refractivity contribution in [3.63, 3.8) is 0 Å². The third-order valence-corrected chi connectivity index (χ3v) is 5.28. The van der Waals surface area contributed by atoms with Crippen molar-refractivity contribution in [2.24, 2.45) is 0 Å². The van der Waals surface area contributed by atoms with E-state index in [0.717, 1.165) is 41.3 Å².